The summed E-state index contributed by atoms with van der Waals surface area (Å²) in [5.74, 6) is 0.970. The number of ether oxygens (including phenoxy) is 1. The number of hydrogen-bond donors (Lipinski definition) is 1. The van der Waals surface area contributed by atoms with Gasteiger partial charge in [0.2, 0.25) is 0 Å². The van der Waals surface area contributed by atoms with Gasteiger partial charge in [0.05, 0.1) is 7.11 Å². The number of hydrogen-bond acceptors (Lipinski definition) is 2. The Labute approximate surface area is 98.3 Å². The molecular formula is C14H22O2. The zero-order valence-corrected chi connectivity index (χ0v) is 10.3. The third-order valence-corrected chi connectivity index (χ3v) is 2.79. The quantitative estimate of drug-likeness (QED) is 0.719. The van der Waals surface area contributed by atoms with Gasteiger partial charge in [0.25, 0.3) is 0 Å². The van der Waals surface area contributed by atoms with Crippen LogP contribution in [0.25, 0.3) is 0 Å². The van der Waals surface area contributed by atoms with Crippen LogP contribution in [-0.2, 0) is 12.8 Å². The number of methoxy groups -OCH3 is 1. The molecule has 0 heterocycles. The van der Waals surface area contributed by atoms with E-state index in [1.165, 1.54) is 30.4 Å². The molecule has 2 nitrogen and oxygen atoms in total. The topological polar surface area (TPSA) is 29.5 Å². The van der Waals surface area contributed by atoms with Crippen molar-refractivity contribution in [3.63, 3.8) is 0 Å². The van der Waals surface area contributed by atoms with Gasteiger partial charge in [-0.05, 0) is 36.5 Å². The van der Waals surface area contributed by atoms with E-state index in [0.29, 0.717) is 0 Å². The van der Waals surface area contributed by atoms with E-state index in [2.05, 4.69) is 13.0 Å². The van der Waals surface area contributed by atoms with Crippen molar-refractivity contribution in [2.75, 3.05) is 13.7 Å². The molecule has 0 aromatic heterocycles. The Morgan fingerprint density at radius 3 is 2.62 bits per heavy atom. The smallest absolute Gasteiger partial charge is 0.122 e. The molecule has 0 amide bonds. The predicted molar refractivity (Wildman–Crippen MR) is 67.0 cm³/mol. The SMILES string of the molecule is CCCCCc1cc(CCO)ccc1OC. The molecule has 1 aromatic carbocycles. The lowest BCUT2D eigenvalue weighted by Crippen LogP contribution is -1.97. The van der Waals surface area contributed by atoms with Crippen molar-refractivity contribution < 1.29 is 9.84 Å². The van der Waals surface area contributed by atoms with Crippen molar-refractivity contribution in [3.05, 3.63) is 29.3 Å². The second-order valence-electron chi connectivity index (χ2n) is 4.08. The van der Waals surface area contributed by atoms with Crippen LogP contribution in [0.15, 0.2) is 18.2 Å². The van der Waals surface area contributed by atoms with Gasteiger partial charge in [-0.2, -0.15) is 0 Å². The standard InChI is InChI=1S/C14H22O2/c1-3-4-5-6-13-11-12(9-10-15)7-8-14(13)16-2/h7-8,11,15H,3-6,9-10H2,1-2H3. The summed E-state index contributed by atoms with van der Waals surface area (Å²) in [5, 5.41) is 8.92. The van der Waals surface area contributed by atoms with Gasteiger partial charge >= 0.3 is 0 Å². The van der Waals surface area contributed by atoms with E-state index in [4.69, 9.17) is 9.84 Å². The minimum atomic E-state index is 0.209. The molecule has 1 aromatic rings. The highest BCUT2D eigenvalue weighted by Gasteiger charge is 2.04. The van der Waals surface area contributed by atoms with Crippen LogP contribution < -0.4 is 4.74 Å². The van der Waals surface area contributed by atoms with Crippen LogP contribution in [0.1, 0.15) is 37.3 Å². The van der Waals surface area contributed by atoms with Crippen LogP contribution in [0.2, 0.25) is 0 Å². The van der Waals surface area contributed by atoms with E-state index in [1.54, 1.807) is 7.11 Å². The number of rotatable bonds is 7. The molecule has 16 heavy (non-hydrogen) atoms. The summed E-state index contributed by atoms with van der Waals surface area (Å²) < 4.78 is 5.35. The summed E-state index contributed by atoms with van der Waals surface area (Å²) in [6, 6.07) is 6.19. The fraction of sp³-hybridized carbons (Fsp3) is 0.571. The Kier molecular flexibility index (Phi) is 5.94. The van der Waals surface area contributed by atoms with Gasteiger partial charge < -0.3 is 9.84 Å². The number of aliphatic hydroxyl groups excluding tert-OH is 1. The number of benzene rings is 1. The van der Waals surface area contributed by atoms with Crippen LogP contribution in [0, 0.1) is 0 Å². The minimum absolute atomic E-state index is 0.209. The molecule has 1 N–H and O–H groups in total. The first-order valence-electron chi connectivity index (χ1n) is 6.08. The van der Waals surface area contributed by atoms with Crippen molar-refractivity contribution in [1.82, 2.24) is 0 Å². The maximum absolute atomic E-state index is 8.92. The van der Waals surface area contributed by atoms with Gasteiger partial charge in [0.1, 0.15) is 5.75 Å². The Morgan fingerprint density at radius 1 is 1.19 bits per heavy atom. The second kappa shape index (κ2) is 7.29. The van der Waals surface area contributed by atoms with Crippen molar-refractivity contribution in [3.8, 4) is 5.75 Å². The van der Waals surface area contributed by atoms with E-state index in [-0.39, 0.29) is 6.61 Å². The third-order valence-electron chi connectivity index (χ3n) is 2.79. The zero-order chi connectivity index (χ0) is 11.8. The molecule has 0 radical (unpaired) electrons. The maximum Gasteiger partial charge on any atom is 0.122 e. The van der Waals surface area contributed by atoms with E-state index in [0.717, 1.165) is 18.6 Å². The molecule has 0 aliphatic rings. The lowest BCUT2D eigenvalue weighted by atomic mass is 10.0. The summed E-state index contributed by atoms with van der Waals surface area (Å²) in [4.78, 5) is 0. The van der Waals surface area contributed by atoms with Crippen LogP contribution >= 0.6 is 0 Å². The van der Waals surface area contributed by atoms with E-state index in [1.807, 2.05) is 12.1 Å². The molecule has 0 bridgehead atoms. The van der Waals surface area contributed by atoms with E-state index >= 15 is 0 Å². The van der Waals surface area contributed by atoms with Gasteiger partial charge in [-0.15, -0.1) is 0 Å². The van der Waals surface area contributed by atoms with Crippen molar-refractivity contribution in [1.29, 1.82) is 0 Å². The Morgan fingerprint density at radius 2 is 2.00 bits per heavy atom. The molecule has 0 unspecified atom stereocenters. The van der Waals surface area contributed by atoms with Gasteiger partial charge in [-0.25, -0.2) is 0 Å². The summed E-state index contributed by atoms with van der Waals surface area (Å²) in [6.07, 6.45) is 5.49. The van der Waals surface area contributed by atoms with Gasteiger partial charge in [-0.3, -0.25) is 0 Å². The molecule has 0 saturated carbocycles. The van der Waals surface area contributed by atoms with E-state index < -0.39 is 0 Å². The molecular weight excluding hydrogens is 200 g/mol. The fourth-order valence-corrected chi connectivity index (χ4v) is 1.88. The highest BCUT2D eigenvalue weighted by molar-refractivity contribution is 5.37. The lowest BCUT2D eigenvalue weighted by molar-refractivity contribution is 0.299. The molecule has 0 aliphatic carbocycles. The molecule has 0 atom stereocenters. The Bertz CT molecular complexity index is 308. The minimum Gasteiger partial charge on any atom is -0.496 e. The molecule has 0 spiro atoms. The Hall–Kier alpha value is -1.02. The summed E-state index contributed by atoms with van der Waals surface area (Å²) in [6.45, 7) is 2.42. The summed E-state index contributed by atoms with van der Waals surface area (Å²) in [7, 11) is 1.71. The molecule has 2 heteroatoms. The summed E-state index contributed by atoms with van der Waals surface area (Å²) >= 11 is 0. The summed E-state index contributed by atoms with van der Waals surface area (Å²) in [5.41, 5.74) is 2.46. The first kappa shape index (κ1) is 13.0. The third kappa shape index (κ3) is 3.86. The highest BCUT2D eigenvalue weighted by atomic mass is 16.5. The molecule has 0 aliphatic heterocycles. The normalized spacial score (nSPS) is 10.4. The first-order valence-corrected chi connectivity index (χ1v) is 6.08. The average molecular weight is 222 g/mol. The maximum atomic E-state index is 8.92. The largest absolute Gasteiger partial charge is 0.496 e. The Balaban J connectivity index is 2.72. The lowest BCUT2D eigenvalue weighted by Gasteiger charge is -2.10. The predicted octanol–water partition coefficient (Wildman–Crippen LogP) is 2.96. The van der Waals surface area contributed by atoms with Crippen molar-refractivity contribution >= 4 is 0 Å². The average Bonchev–Trinajstić information content (AvgIpc) is 2.30. The van der Waals surface area contributed by atoms with Crippen molar-refractivity contribution in [2.45, 2.75) is 39.0 Å². The van der Waals surface area contributed by atoms with Gasteiger partial charge in [0.15, 0.2) is 0 Å². The van der Waals surface area contributed by atoms with Crippen LogP contribution in [0.5, 0.6) is 5.75 Å². The molecule has 1 rings (SSSR count). The van der Waals surface area contributed by atoms with Gasteiger partial charge in [0, 0.05) is 6.61 Å². The van der Waals surface area contributed by atoms with Crippen LogP contribution in [0.3, 0.4) is 0 Å². The van der Waals surface area contributed by atoms with Crippen molar-refractivity contribution in [2.24, 2.45) is 0 Å². The van der Waals surface area contributed by atoms with Crippen LogP contribution in [-0.4, -0.2) is 18.8 Å². The monoisotopic (exact) mass is 222 g/mol. The molecule has 0 saturated heterocycles. The molecule has 0 fully saturated rings. The number of aliphatic hydroxyl groups is 1. The number of aryl methyl sites for hydroxylation is 1. The zero-order valence-electron chi connectivity index (χ0n) is 10.3. The van der Waals surface area contributed by atoms with E-state index in [9.17, 15) is 0 Å². The first-order chi connectivity index (χ1) is 7.81. The van der Waals surface area contributed by atoms with Gasteiger partial charge in [-0.1, -0.05) is 31.9 Å². The number of unbranched alkanes of at least 4 members (excludes halogenated alkanes) is 2. The fourth-order valence-electron chi connectivity index (χ4n) is 1.88. The van der Waals surface area contributed by atoms with Crippen LogP contribution in [0.4, 0.5) is 0 Å². The second-order valence-corrected chi connectivity index (χ2v) is 4.08. The molecule has 90 valence electrons. The highest BCUT2D eigenvalue weighted by Crippen LogP contribution is 2.22.